The van der Waals surface area contributed by atoms with E-state index in [-0.39, 0.29) is 5.91 Å². The van der Waals surface area contributed by atoms with Gasteiger partial charge in [0.2, 0.25) is 11.8 Å². The summed E-state index contributed by atoms with van der Waals surface area (Å²) in [5.41, 5.74) is 2.05. The lowest BCUT2D eigenvalue weighted by Crippen LogP contribution is -2.35. The smallest absolute Gasteiger partial charge is 0.240 e. The summed E-state index contributed by atoms with van der Waals surface area (Å²) in [6, 6.07) is 11.4. The number of aryl methyl sites for hydroxylation is 2. The summed E-state index contributed by atoms with van der Waals surface area (Å²) in [7, 11) is 0. The van der Waals surface area contributed by atoms with Crippen LogP contribution >= 0.6 is 0 Å². The number of carbonyl (C=O) groups excluding carboxylic acids is 2. The van der Waals surface area contributed by atoms with Gasteiger partial charge in [0.05, 0.1) is 0 Å². The molecule has 5 heteroatoms. The van der Waals surface area contributed by atoms with Gasteiger partial charge in [0, 0.05) is 11.4 Å². The molecule has 1 saturated carbocycles. The molecule has 0 aromatic heterocycles. The highest BCUT2D eigenvalue weighted by atomic mass is 19.1. The SMILES string of the molecule is Cc1cc(C)cc(NC(=O)C2(C(=O)Nc3cccc(F)c3)CC2)c1. The quantitative estimate of drug-likeness (QED) is 0.840. The minimum absolute atomic E-state index is 0.318. The third-order valence-corrected chi connectivity index (χ3v) is 4.18. The van der Waals surface area contributed by atoms with Crippen LogP contribution in [0.15, 0.2) is 42.5 Å². The standard InChI is InChI=1S/C19H19FN2O2/c1-12-8-13(2)10-16(9-12)22-18(24)19(6-7-19)17(23)21-15-5-3-4-14(20)11-15/h3-5,8-11H,6-7H2,1-2H3,(H,21,23)(H,22,24). The molecule has 0 unspecified atom stereocenters. The average Bonchev–Trinajstić information content (AvgIpc) is 3.27. The molecule has 2 aromatic rings. The third-order valence-electron chi connectivity index (χ3n) is 4.18. The minimum atomic E-state index is -1.07. The van der Waals surface area contributed by atoms with E-state index in [9.17, 15) is 14.0 Å². The maximum Gasteiger partial charge on any atom is 0.240 e. The van der Waals surface area contributed by atoms with E-state index in [0.29, 0.717) is 24.2 Å². The van der Waals surface area contributed by atoms with Crippen LogP contribution in [0.5, 0.6) is 0 Å². The lowest BCUT2D eigenvalue weighted by atomic mass is 10.0. The first-order chi connectivity index (χ1) is 11.4. The van der Waals surface area contributed by atoms with Gasteiger partial charge in [-0.25, -0.2) is 4.39 Å². The number of nitrogens with one attached hydrogen (secondary N) is 2. The Bertz CT molecular complexity index is 793. The molecule has 0 atom stereocenters. The normalized spacial score (nSPS) is 14.8. The zero-order valence-corrected chi connectivity index (χ0v) is 13.7. The van der Waals surface area contributed by atoms with E-state index in [2.05, 4.69) is 10.6 Å². The molecule has 124 valence electrons. The molecule has 1 aliphatic rings. The second-order valence-electron chi connectivity index (χ2n) is 6.38. The Morgan fingerprint density at radius 1 is 0.917 bits per heavy atom. The fraction of sp³-hybridized carbons (Fsp3) is 0.263. The van der Waals surface area contributed by atoms with E-state index in [4.69, 9.17) is 0 Å². The van der Waals surface area contributed by atoms with Gasteiger partial charge < -0.3 is 10.6 Å². The van der Waals surface area contributed by atoms with Gasteiger partial charge in [-0.15, -0.1) is 0 Å². The lowest BCUT2D eigenvalue weighted by Gasteiger charge is -2.16. The Balaban J connectivity index is 1.72. The highest BCUT2D eigenvalue weighted by molar-refractivity contribution is 6.16. The van der Waals surface area contributed by atoms with E-state index in [1.54, 1.807) is 6.07 Å². The Kier molecular flexibility index (Phi) is 4.09. The molecule has 0 heterocycles. The van der Waals surface area contributed by atoms with E-state index < -0.39 is 17.1 Å². The van der Waals surface area contributed by atoms with Crippen LogP contribution in [-0.4, -0.2) is 11.8 Å². The molecule has 24 heavy (non-hydrogen) atoms. The fourth-order valence-electron chi connectivity index (χ4n) is 2.80. The van der Waals surface area contributed by atoms with Crippen LogP contribution < -0.4 is 10.6 Å². The van der Waals surface area contributed by atoms with Gasteiger partial charge in [-0.3, -0.25) is 9.59 Å². The monoisotopic (exact) mass is 326 g/mol. The average molecular weight is 326 g/mol. The third kappa shape index (κ3) is 3.30. The fourth-order valence-corrected chi connectivity index (χ4v) is 2.80. The molecular formula is C19H19FN2O2. The number of carbonyl (C=O) groups is 2. The van der Waals surface area contributed by atoms with Crippen molar-refractivity contribution in [3.63, 3.8) is 0 Å². The summed E-state index contributed by atoms with van der Waals surface area (Å²) in [5, 5.41) is 5.47. The maximum atomic E-state index is 13.2. The second-order valence-corrected chi connectivity index (χ2v) is 6.38. The number of anilines is 2. The molecule has 4 nitrogen and oxygen atoms in total. The van der Waals surface area contributed by atoms with Crippen molar-refractivity contribution in [3.05, 3.63) is 59.4 Å². The summed E-state index contributed by atoms with van der Waals surface area (Å²) in [6.45, 7) is 3.90. The Hall–Kier alpha value is -2.69. The van der Waals surface area contributed by atoms with Gasteiger partial charge in [0.15, 0.2) is 0 Å². The van der Waals surface area contributed by atoms with Gasteiger partial charge in [-0.05, 0) is 68.1 Å². The van der Waals surface area contributed by atoms with Crippen LogP contribution in [0.25, 0.3) is 0 Å². The topological polar surface area (TPSA) is 58.2 Å². The van der Waals surface area contributed by atoms with E-state index >= 15 is 0 Å². The number of hydrogen-bond acceptors (Lipinski definition) is 2. The van der Waals surface area contributed by atoms with E-state index in [1.165, 1.54) is 18.2 Å². The molecule has 0 radical (unpaired) electrons. The number of benzene rings is 2. The van der Waals surface area contributed by atoms with Gasteiger partial charge >= 0.3 is 0 Å². The summed E-state index contributed by atoms with van der Waals surface area (Å²) >= 11 is 0. The van der Waals surface area contributed by atoms with Crippen LogP contribution in [0.3, 0.4) is 0 Å². The highest BCUT2D eigenvalue weighted by Crippen LogP contribution is 2.47. The number of rotatable bonds is 4. The van der Waals surface area contributed by atoms with Gasteiger partial charge in [0.25, 0.3) is 0 Å². The van der Waals surface area contributed by atoms with Crippen LogP contribution in [0.4, 0.5) is 15.8 Å². The first kappa shape index (κ1) is 16.2. The Morgan fingerprint density at radius 2 is 1.50 bits per heavy atom. The number of hydrogen-bond donors (Lipinski definition) is 2. The summed E-state index contributed by atoms with van der Waals surface area (Å²) in [6.07, 6.45) is 0.982. The Labute approximate surface area is 140 Å². The maximum absolute atomic E-state index is 13.2. The molecule has 2 N–H and O–H groups in total. The predicted molar refractivity (Wildman–Crippen MR) is 91.2 cm³/mol. The van der Waals surface area contributed by atoms with Crippen molar-refractivity contribution in [1.29, 1.82) is 0 Å². The van der Waals surface area contributed by atoms with Crippen molar-refractivity contribution < 1.29 is 14.0 Å². The molecule has 2 aromatic carbocycles. The molecule has 2 amide bonds. The second kappa shape index (κ2) is 6.07. The van der Waals surface area contributed by atoms with Gasteiger partial charge in [0.1, 0.15) is 11.2 Å². The van der Waals surface area contributed by atoms with E-state index in [0.717, 1.165) is 11.1 Å². The van der Waals surface area contributed by atoms with Crippen molar-refractivity contribution in [2.45, 2.75) is 26.7 Å². The molecule has 1 fully saturated rings. The highest BCUT2D eigenvalue weighted by Gasteiger charge is 2.56. The molecular weight excluding hydrogens is 307 g/mol. The first-order valence-corrected chi connectivity index (χ1v) is 7.86. The van der Waals surface area contributed by atoms with Crippen LogP contribution in [0.1, 0.15) is 24.0 Å². The molecule has 1 aliphatic carbocycles. The molecule has 0 saturated heterocycles. The molecule has 3 rings (SSSR count). The van der Waals surface area contributed by atoms with Crippen molar-refractivity contribution in [2.24, 2.45) is 5.41 Å². The zero-order valence-electron chi connectivity index (χ0n) is 13.7. The largest absolute Gasteiger partial charge is 0.325 e. The van der Waals surface area contributed by atoms with Crippen molar-refractivity contribution in [2.75, 3.05) is 10.6 Å². The number of amides is 2. The minimum Gasteiger partial charge on any atom is -0.325 e. The van der Waals surface area contributed by atoms with Crippen molar-refractivity contribution >= 4 is 23.2 Å². The lowest BCUT2D eigenvalue weighted by molar-refractivity contribution is -0.131. The van der Waals surface area contributed by atoms with Gasteiger partial charge in [-0.2, -0.15) is 0 Å². The zero-order chi connectivity index (χ0) is 17.3. The molecule has 0 aliphatic heterocycles. The van der Waals surface area contributed by atoms with Crippen LogP contribution in [-0.2, 0) is 9.59 Å². The van der Waals surface area contributed by atoms with E-state index in [1.807, 2.05) is 32.0 Å². The van der Waals surface area contributed by atoms with Gasteiger partial charge in [-0.1, -0.05) is 12.1 Å². The summed E-state index contributed by atoms with van der Waals surface area (Å²) in [5.74, 6) is -1.14. The summed E-state index contributed by atoms with van der Waals surface area (Å²) < 4.78 is 13.2. The molecule has 0 bridgehead atoms. The van der Waals surface area contributed by atoms with Crippen molar-refractivity contribution in [3.8, 4) is 0 Å². The van der Waals surface area contributed by atoms with Crippen molar-refractivity contribution in [1.82, 2.24) is 0 Å². The van der Waals surface area contributed by atoms with Crippen LogP contribution in [0.2, 0.25) is 0 Å². The predicted octanol–water partition coefficient (Wildman–Crippen LogP) is 3.80. The van der Waals surface area contributed by atoms with Crippen LogP contribution in [0, 0.1) is 25.1 Å². The summed E-state index contributed by atoms with van der Waals surface area (Å²) in [4.78, 5) is 25.1. The Morgan fingerprint density at radius 3 is 2.04 bits per heavy atom. The molecule has 0 spiro atoms. The first-order valence-electron chi connectivity index (χ1n) is 7.86. The number of halogens is 1.